The highest BCUT2D eigenvalue weighted by atomic mass is 19.1. The lowest BCUT2D eigenvalue weighted by Crippen LogP contribution is -1.98. The van der Waals surface area contributed by atoms with Crippen molar-refractivity contribution in [2.45, 2.75) is 6.92 Å². The highest BCUT2D eigenvalue weighted by molar-refractivity contribution is 5.67. The Labute approximate surface area is 238 Å². The van der Waals surface area contributed by atoms with Gasteiger partial charge in [0.05, 0.1) is 18.5 Å². The van der Waals surface area contributed by atoms with Crippen LogP contribution in [0.15, 0.2) is 91.5 Å². The summed E-state index contributed by atoms with van der Waals surface area (Å²) in [6, 6.07) is 21.7. The number of anilines is 2. The molecule has 6 aromatic rings. The van der Waals surface area contributed by atoms with Crippen molar-refractivity contribution in [3.8, 4) is 34.0 Å². The number of imidazole rings is 2. The number of fused-ring (bicyclic) bond motifs is 2. The van der Waals surface area contributed by atoms with E-state index in [0.717, 1.165) is 56.5 Å². The van der Waals surface area contributed by atoms with Gasteiger partial charge < -0.3 is 28.9 Å². The van der Waals surface area contributed by atoms with Crippen molar-refractivity contribution in [3.05, 3.63) is 97.1 Å². The van der Waals surface area contributed by atoms with Gasteiger partial charge in [0.25, 0.3) is 0 Å². The molecule has 9 heteroatoms. The van der Waals surface area contributed by atoms with E-state index in [1.165, 1.54) is 0 Å². The number of pyridine rings is 2. The second-order valence-corrected chi connectivity index (χ2v) is 9.36. The van der Waals surface area contributed by atoms with Gasteiger partial charge in [-0.2, -0.15) is 0 Å². The fourth-order valence-electron chi connectivity index (χ4n) is 4.41. The molecule has 0 atom stereocenters. The van der Waals surface area contributed by atoms with Crippen LogP contribution in [0.25, 0.3) is 33.8 Å². The van der Waals surface area contributed by atoms with Crippen molar-refractivity contribution < 1.29 is 13.9 Å². The van der Waals surface area contributed by atoms with Crippen LogP contribution in [0.5, 0.6) is 11.5 Å². The average Bonchev–Trinajstić information content (AvgIpc) is 3.64. The van der Waals surface area contributed by atoms with Crippen LogP contribution in [-0.4, -0.2) is 53.3 Å². The van der Waals surface area contributed by atoms with Crippen LogP contribution in [0.1, 0.15) is 5.56 Å². The van der Waals surface area contributed by atoms with Crippen LogP contribution in [0, 0.1) is 6.92 Å². The fraction of sp³-hybridized carbons (Fsp3) is 0.188. The quantitative estimate of drug-likeness (QED) is 0.218. The number of nitrogens with zero attached hydrogens (tertiary/aromatic N) is 4. The number of hydrogen-bond donors (Lipinski definition) is 2. The number of rotatable bonds is 8. The first-order valence-corrected chi connectivity index (χ1v) is 13.3. The first-order valence-electron chi connectivity index (χ1n) is 13.3. The van der Waals surface area contributed by atoms with Gasteiger partial charge >= 0.3 is 0 Å². The third-order valence-electron chi connectivity index (χ3n) is 6.70. The lowest BCUT2D eigenvalue weighted by molar-refractivity contribution is 0.273. The van der Waals surface area contributed by atoms with Gasteiger partial charge in [-0.05, 0) is 55.0 Å². The van der Waals surface area contributed by atoms with Crippen LogP contribution in [0.4, 0.5) is 15.8 Å². The highest BCUT2D eigenvalue weighted by Gasteiger charge is 2.08. The Morgan fingerprint density at radius 2 is 1.32 bits per heavy atom. The molecular weight excluding hydrogens is 519 g/mol. The predicted molar refractivity (Wildman–Crippen MR) is 163 cm³/mol. The zero-order valence-electron chi connectivity index (χ0n) is 23.6. The molecule has 0 amide bonds. The maximum atomic E-state index is 12.1. The molecule has 0 radical (unpaired) electrons. The first kappa shape index (κ1) is 27.5. The Morgan fingerprint density at radius 1 is 0.756 bits per heavy atom. The monoisotopic (exact) mass is 552 g/mol. The topological polar surface area (TPSA) is 77.1 Å². The molecule has 0 aliphatic rings. The molecule has 0 unspecified atom stereocenters. The first-order chi connectivity index (χ1) is 20.0. The molecule has 0 spiro atoms. The van der Waals surface area contributed by atoms with Crippen LogP contribution in [0.3, 0.4) is 0 Å². The Kier molecular flexibility index (Phi) is 8.34. The Hall–Kier alpha value is -5.05. The van der Waals surface area contributed by atoms with Gasteiger partial charge in [0.15, 0.2) is 0 Å². The van der Waals surface area contributed by atoms with Gasteiger partial charge in [0.2, 0.25) is 0 Å². The molecule has 4 aromatic heterocycles. The van der Waals surface area contributed by atoms with E-state index in [1.54, 1.807) is 7.11 Å². The third kappa shape index (κ3) is 6.24. The van der Waals surface area contributed by atoms with E-state index in [4.69, 9.17) is 9.47 Å². The Balaban J connectivity index is 0.000000165. The molecule has 2 aromatic carbocycles. The number of aryl methyl sites for hydroxylation is 1. The van der Waals surface area contributed by atoms with Crippen LogP contribution < -0.4 is 20.1 Å². The maximum absolute atomic E-state index is 12.1. The molecule has 0 aliphatic carbocycles. The number of halogens is 1. The summed E-state index contributed by atoms with van der Waals surface area (Å²) in [4.78, 5) is 9.27. The van der Waals surface area contributed by atoms with E-state index in [0.29, 0.717) is 5.75 Å². The van der Waals surface area contributed by atoms with Gasteiger partial charge in [0, 0.05) is 73.5 Å². The van der Waals surface area contributed by atoms with Crippen molar-refractivity contribution in [3.63, 3.8) is 0 Å². The molecule has 0 saturated heterocycles. The molecule has 0 bridgehead atoms. The summed E-state index contributed by atoms with van der Waals surface area (Å²) in [5.41, 5.74) is 8.89. The Bertz CT molecular complexity index is 1760. The van der Waals surface area contributed by atoms with Crippen LogP contribution in [-0.2, 0) is 0 Å². The van der Waals surface area contributed by atoms with Gasteiger partial charge in [-0.25, -0.2) is 14.4 Å². The number of ether oxygens (including phenoxy) is 2. The molecule has 0 saturated carbocycles. The van der Waals surface area contributed by atoms with Crippen molar-refractivity contribution in [2.75, 3.05) is 45.1 Å². The van der Waals surface area contributed by atoms with Crippen molar-refractivity contribution in [1.82, 2.24) is 18.8 Å². The minimum Gasteiger partial charge on any atom is -0.496 e. The van der Waals surface area contributed by atoms with Gasteiger partial charge in [0.1, 0.15) is 36.1 Å². The molecule has 210 valence electrons. The van der Waals surface area contributed by atoms with E-state index in [-0.39, 0.29) is 6.61 Å². The minimum absolute atomic E-state index is 0.0838. The second kappa shape index (κ2) is 12.4. The molecule has 0 fully saturated rings. The molecule has 6 rings (SSSR count). The van der Waals surface area contributed by atoms with Crippen LogP contribution in [0.2, 0.25) is 0 Å². The zero-order chi connectivity index (χ0) is 28.8. The predicted octanol–water partition coefficient (Wildman–Crippen LogP) is 6.75. The number of methoxy groups -OCH3 is 1. The molecule has 8 nitrogen and oxygen atoms in total. The normalized spacial score (nSPS) is 10.8. The smallest absolute Gasteiger partial charge is 0.139 e. The van der Waals surface area contributed by atoms with E-state index < -0.39 is 6.67 Å². The second-order valence-electron chi connectivity index (χ2n) is 9.36. The molecule has 4 heterocycles. The van der Waals surface area contributed by atoms with Gasteiger partial charge in [-0.1, -0.05) is 12.1 Å². The summed E-state index contributed by atoms with van der Waals surface area (Å²) in [5.74, 6) is 1.55. The van der Waals surface area contributed by atoms with Crippen molar-refractivity contribution in [1.29, 1.82) is 0 Å². The van der Waals surface area contributed by atoms with Crippen LogP contribution >= 0.6 is 0 Å². The van der Waals surface area contributed by atoms with E-state index >= 15 is 0 Å². The van der Waals surface area contributed by atoms with Crippen molar-refractivity contribution in [2.24, 2.45) is 0 Å². The maximum Gasteiger partial charge on any atom is 0.139 e. The average molecular weight is 553 g/mol. The standard InChI is InChI=1S/C16H16FN3O.C16H17N3O/c1-18-13-6-8-20-11-15(19-16(20)10-13)12-2-4-14(5-3-12)21-9-7-17;1-11-4-5-12(8-15(11)20-3)14-10-19-7-6-13(17-2)9-16(19)18-14/h2-6,8,10-11,18H,7,9H2,1H3;4-10,17H,1-3H3. The summed E-state index contributed by atoms with van der Waals surface area (Å²) in [6.07, 6.45) is 7.98. The summed E-state index contributed by atoms with van der Waals surface area (Å²) in [6.45, 7) is 1.63. The van der Waals surface area contributed by atoms with E-state index in [1.807, 2.05) is 109 Å². The number of alkyl halides is 1. The van der Waals surface area contributed by atoms with Gasteiger partial charge in [-0.15, -0.1) is 0 Å². The number of benzene rings is 2. The Morgan fingerprint density at radius 3 is 1.85 bits per heavy atom. The number of hydrogen-bond acceptors (Lipinski definition) is 6. The lowest BCUT2D eigenvalue weighted by atomic mass is 10.1. The SMILES string of the molecule is CNc1ccn2cc(-c3ccc(C)c(OC)c3)nc2c1.CNc1ccn2cc(-c3ccc(OCCF)cc3)nc2c1. The fourth-order valence-corrected chi connectivity index (χ4v) is 4.41. The summed E-state index contributed by atoms with van der Waals surface area (Å²) in [5, 5.41) is 6.22. The summed E-state index contributed by atoms with van der Waals surface area (Å²) in [7, 11) is 5.47. The van der Waals surface area contributed by atoms with E-state index in [9.17, 15) is 4.39 Å². The molecular formula is C32H33FN6O2. The molecule has 0 aliphatic heterocycles. The molecule has 41 heavy (non-hydrogen) atoms. The summed E-state index contributed by atoms with van der Waals surface area (Å²) >= 11 is 0. The third-order valence-corrected chi connectivity index (χ3v) is 6.70. The number of aromatic nitrogens is 4. The number of nitrogens with one attached hydrogen (secondary N) is 2. The van der Waals surface area contributed by atoms with E-state index in [2.05, 4.69) is 32.7 Å². The minimum atomic E-state index is -0.484. The van der Waals surface area contributed by atoms with Crippen molar-refractivity contribution >= 4 is 22.7 Å². The molecule has 2 N–H and O–H groups in total. The highest BCUT2D eigenvalue weighted by Crippen LogP contribution is 2.27. The largest absolute Gasteiger partial charge is 0.496 e. The lowest BCUT2D eigenvalue weighted by Gasteiger charge is -2.05. The van der Waals surface area contributed by atoms with Gasteiger partial charge in [-0.3, -0.25) is 0 Å². The zero-order valence-corrected chi connectivity index (χ0v) is 23.6. The summed E-state index contributed by atoms with van der Waals surface area (Å²) < 4.78 is 26.7.